The molecule has 0 bridgehead atoms. The van der Waals surface area contributed by atoms with Crippen LogP contribution in [-0.2, 0) is 9.59 Å². The van der Waals surface area contributed by atoms with E-state index < -0.39 is 5.97 Å². The van der Waals surface area contributed by atoms with Gasteiger partial charge in [-0.1, -0.05) is 0 Å². The molecule has 9 heavy (non-hydrogen) atoms. The molecular formula is C4H10O5. The van der Waals surface area contributed by atoms with Gasteiger partial charge >= 0.3 is 5.97 Å². The van der Waals surface area contributed by atoms with Crippen LogP contribution >= 0.6 is 0 Å². The number of ketones is 1. The number of carboxylic acids is 1. The van der Waals surface area contributed by atoms with Crippen LogP contribution in [0.1, 0.15) is 13.3 Å². The van der Waals surface area contributed by atoms with Crippen LogP contribution in [0.2, 0.25) is 0 Å². The van der Waals surface area contributed by atoms with Gasteiger partial charge in [0, 0.05) is 0 Å². The third-order valence-corrected chi connectivity index (χ3v) is 0.400. The molecule has 0 saturated heterocycles. The van der Waals surface area contributed by atoms with Gasteiger partial charge < -0.3 is 16.1 Å². The molecule has 0 spiro atoms. The van der Waals surface area contributed by atoms with Gasteiger partial charge in [0.2, 0.25) is 0 Å². The fourth-order valence-electron chi connectivity index (χ4n) is 0.213. The molecular weight excluding hydrogens is 128 g/mol. The molecule has 0 aromatic rings. The van der Waals surface area contributed by atoms with Crippen molar-refractivity contribution in [1.82, 2.24) is 0 Å². The van der Waals surface area contributed by atoms with E-state index in [1.165, 1.54) is 6.92 Å². The van der Waals surface area contributed by atoms with E-state index >= 15 is 0 Å². The maximum atomic E-state index is 9.87. The number of aliphatic carboxylic acids is 1. The summed E-state index contributed by atoms with van der Waals surface area (Å²) >= 11 is 0. The quantitative estimate of drug-likeness (QED) is 0.463. The Hall–Kier alpha value is -0.940. The van der Waals surface area contributed by atoms with Crippen LogP contribution in [0.5, 0.6) is 0 Å². The molecule has 0 aromatic carbocycles. The van der Waals surface area contributed by atoms with Crippen molar-refractivity contribution in [2.24, 2.45) is 0 Å². The summed E-state index contributed by atoms with van der Waals surface area (Å²) in [6, 6.07) is 0. The molecule has 0 heterocycles. The summed E-state index contributed by atoms with van der Waals surface area (Å²) in [4.78, 5) is 19.5. The summed E-state index contributed by atoms with van der Waals surface area (Å²) in [6.07, 6.45) is -0.361. The normalized spacial score (nSPS) is 6.33. The van der Waals surface area contributed by atoms with Gasteiger partial charge in [-0.2, -0.15) is 0 Å². The van der Waals surface area contributed by atoms with Crippen molar-refractivity contribution in [1.29, 1.82) is 0 Å². The van der Waals surface area contributed by atoms with Crippen LogP contribution in [0.25, 0.3) is 0 Å². The van der Waals surface area contributed by atoms with Crippen molar-refractivity contribution in [2.75, 3.05) is 0 Å². The molecule has 56 valence electrons. The van der Waals surface area contributed by atoms with Crippen molar-refractivity contribution in [3.05, 3.63) is 0 Å². The smallest absolute Gasteiger partial charge is 0.310 e. The highest BCUT2D eigenvalue weighted by molar-refractivity contribution is 5.93. The second-order valence-electron chi connectivity index (χ2n) is 1.27. The van der Waals surface area contributed by atoms with Crippen LogP contribution in [0.3, 0.4) is 0 Å². The lowest BCUT2D eigenvalue weighted by atomic mass is 10.3. The Morgan fingerprint density at radius 1 is 1.33 bits per heavy atom. The lowest BCUT2D eigenvalue weighted by Crippen LogP contribution is -2.00. The number of carbonyl (C=O) groups excluding carboxylic acids is 1. The molecule has 0 rings (SSSR count). The number of carbonyl (C=O) groups is 2. The summed E-state index contributed by atoms with van der Waals surface area (Å²) in [5.41, 5.74) is 0. The molecule has 0 aliphatic carbocycles. The van der Waals surface area contributed by atoms with Gasteiger partial charge in [0.25, 0.3) is 0 Å². The van der Waals surface area contributed by atoms with Crippen LogP contribution in [0.4, 0.5) is 0 Å². The maximum Gasteiger partial charge on any atom is 0.310 e. The highest BCUT2D eigenvalue weighted by atomic mass is 16.4. The van der Waals surface area contributed by atoms with Crippen LogP contribution < -0.4 is 0 Å². The van der Waals surface area contributed by atoms with E-state index in [0.29, 0.717) is 0 Å². The number of hydrogen-bond donors (Lipinski definition) is 1. The van der Waals surface area contributed by atoms with Crippen molar-refractivity contribution in [3.63, 3.8) is 0 Å². The first-order valence-electron chi connectivity index (χ1n) is 1.84. The average molecular weight is 138 g/mol. The van der Waals surface area contributed by atoms with Crippen LogP contribution in [-0.4, -0.2) is 27.8 Å². The summed E-state index contributed by atoms with van der Waals surface area (Å²) in [6.45, 7) is 1.24. The number of rotatable bonds is 2. The minimum atomic E-state index is -1.06. The molecule has 0 atom stereocenters. The Morgan fingerprint density at radius 2 is 1.67 bits per heavy atom. The van der Waals surface area contributed by atoms with E-state index in [-0.39, 0.29) is 23.2 Å². The van der Waals surface area contributed by atoms with E-state index in [2.05, 4.69) is 0 Å². The summed E-state index contributed by atoms with van der Waals surface area (Å²) < 4.78 is 0. The molecule has 0 amide bonds. The van der Waals surface area contributed by atoms with Crippen LogP contribution in [0.15, 0.2) is 0 Å². The monoisotopic (exact) mass is 138 g/mol. The standard InChI is InChI=1S/C4H6O3.2H2O/c1-3(5)2-4(6)7;;/h2H2,1H3,(H,6,7);2*1H2. The van der Waals surface area contributed by atoms with Crippen molar-refractivity contribution < 1.29 is 25.6 Å². The second kappa shape index (κ2) is 7.06. The molecule has 5 nitrogen and oxygen atoms in total. The number of hydrogen-bond acceptors (Lipinski definition) is 2. The predicted molar refractivity (Wildman–Crippen MR) is 30.2 cm³/mol. The van der Waals surface area contributed by atoms with Gasteiger partial charge in [-0.3, -0.25) is 9.59 Å². The fraction of sp³-hybridized carbons (Fsp3) is 0.500. The Labute approximate surface area is 51.9 Å². The van der Waals surface area contributed by atoms with E-state index in [1.54, 1.807) is 0 Å². The minimum absolute atomic E-state index is 0. The first-order chi connectivity index (χ1) is 3.13. The maximum absolute atomic E-state index is 9.87. The minimum Gasteiger partial charge on any atom is -0.481 e. The first kappa shape index (κ1) is 15.7. The van der Waals surface area contributed by atoms with Gasteiger partial charge in [-0.15, -0.1) is 0 Å². The Bertz CT molecular complexity index is 85.1. The Balaban J connectivity index is -0.000000180. The fourth-order valence-corrected chi connectivity index (χ4v) is 0.213. The van der Waals surface area contributed by atoms with Crippen LogP contribution in [0, 0.1) is 0 Å². The summed E-state index contributed by atoms with van der Waals surface area (Å²) in [7, 11) is 0. The van der Waals surface area contributed by atoms with E-state index in [1.807, 2.05) is 0 Å². The topological polar surface area (TPSA) is 117 Å². The van der Waals surface area contributed by atoms with E-state index in [4.69, 9.17) is 5.11 Å². The van der Waals surface area contributed by atoms with Gasteiger partial charge in [-0.25, -0.2) is 0 Å². The van der Waals surface area contributed by atoms with Crippen molar-refractivity contribution >= 4 is 11.8 Å². The molecule has 0 fully saturated rings. The summed E-state index contributed by atoms with van der Waals surface area (Å²) in [5, 5.41) is 7.86. The van der Waals surface area contributed by atoms with Gasteiger partial charge in [0.05, 0.1) is 0 Å². The SMILES string of the molecule is CC(=O)CC(=O)O.O.O. The zero-order valence-electron chi connectivity index (χ0n) is 4.97. The Morgan fingerprint density at radius 3 is 1.67 bits per heavy atom. The number of carboxylic acid groups (broad SMARTS) is 1. The highest BCUT2D eigenvalue weighted by Gasteiger charge is 1.98. The lowest BCUT2D eigenvalue weighted by Gasteiger charge is -1.80. The zero-order chi connectivity index (χ0) is 5.86. The molecule has 0 aromatic heterocycles. The third kappa shape index (κ3) is 19.3. The molecule has 0 saturated carbocycles. The predicted octanol–water partition coefficient (Wildman–Crippen LogP) is -1.60. The van der Waals surface area contributed by atoms with Crippen molar-refractivity contribution in [3.8, 4) is 0 Å². The molecule has 5 heteroatoms. The van der Waals surface area contributed by atoms with Gasteiger partial charge in [-0.05, 0) is 6.92 Å². The van der Waals surface area contributed by atoms with E-state index in [9.17, 15) is 9.59 Å². The van der Waals surface area contributed by atoms with E-state index in [0.717, 1.165) is 0 Å². The molecule has 0 radical (unpaired) electrons. The van der Waals surface area contributed by atoms with Crippen molar-refractivity contribution in [2.45, 2.75) is 13.3 Å². The second-order valence-corrected chi connectivity index (χ2v) is 1.27. The highest BCUT2D eigenvalue weighted by Crippen LogP contribution is 1.77. The lowest BCUT2D eigenvalue weighted by molar-refractivity contribution is -0.139. The van der Waals surface area contributed by atoms with Gasteiger partial charge in [0.15, 0.2) is 0 Å². The average Bonchev–Trinajstić information content (AvgIpc) is 1.27. The van der Waals surface area contributed by atoms with Gasteiger partial charge in [0.1, 0.15) is 12.2 Å². The molecule has 0 aliphatic rings. The third-order valence-electron chi connectivity index (χ3n) is 0.400. The summed E-state index contributed by atoms with van der Waals surface area (Å²) in [5.74, 6) is -1.37. The number of Topliss-reactive ketones (excluding diaryl/α,β-unsaturated/α-hetero) is 1. The Kier molecular flexibility index (Phi) is 12.3. The molecule has 0 unspecified atom stereocenters. The first-order valence-corrected chi connectivity index (χ1v) is 1.84. The molecule has 0 aliphatic heterocycles. The zero-order valence-corrected chi connectivity index (χ0v) is 4.97. The molecule has 5 N–H and O–H groups in total. The largest absolute Gasteiger partial charge is 0.481 e.